The number of halogens is 2. The summed E-state index contributed by atoms with van der Waals surface area (Å²) in [7, 11) is 2.56. The third kappa shape index (κ3) is 17.8. The van der Waals surface area contributed by atoms with Crippen molar-refractivity contribution in [1.82, 2.24) is 16.0 Å². The van der Waals surface area contributed by atoms with Gasteiger partial charge in [0.25, 0.3) is 5.91 Å². The number of aliphatic hydroxyl groups is 3. The molecule has 0 aliphatic carbocycles. The predicted molar refractivity (Wildman–Crippen MR) is 236 cm³/mol. The molecule has 0 saturated carbocycles. The van der Waals surface area contributed by atoms with E-state index >= 15 is 0 Å². The zero-order chi connectivity index (χ0) is 46.7. The number of benzene rings is 2. The van der Waals surface area contributed by atoms with Crippen molar-refractivity contribution in [1.29, 1.82) is 0 Å². The van der Waals surface area contributed by atoms with E-state index in [0.717, 1.165) is 49.7 Å². The van der Waals surface area contributed by atoms with Gasteiger partial charge in [0.2, 0.25) is 5.91 Å². The minimum absolute atomic E-state index is 0.0245. The highest BCUT2D eigenvalue weighted by Crippen LogP contribution is 2.38. The van der Waals surface area contributed by atoms with Crippen molar-refractivity contribution in [2.75, 3.05) is 27.4 Å². The molecule has 0 spiro atoms. The van der Waals surface area contributed by atoms with Gasteiger partial charge in [-0.25, -0.2) is 9.59 Å². The number of aliphatic hydroxyl groups excluding tert-OH is 3. The number of esters is 1. The summed E-state index contributed by atoms with van der Waals surface area (Å²) in [4.78, 5) is 62.5. The van der Waals surface area contributed by atoms with Gasteiger partial charge in [0, 0.05) is 38.5 Å². The van der Waals surface area contributed by atoms with Gasteiger partial charge in [-0.2, -0.15) is 0 Å². The van der Waals surface area contributed by atoms with E-state index in [4.69, 9.17) is 46.9 Å². The molecule has 3 rings (SSSR count). The second-order valence-electron chi connectivity index (χ2n) is 16.6. The fraction of sp³-hybridized carbons (Fsp3) is 0.622. The minimum Gasteiger partial charge on any atom is -0.486 e. The van der Waals surface area contributed by atoms with Gasteiger partial charge in [-0.3, -0.25) is 14.4 Å². The summed E-state index contributed by atoms with van der Waals surface area (Å²) < 4.78 is 26.7. The number of methoxy groups -OCH3 is 2. The lowest BCUT2D eigenvalue weighted by molar-refractivity contribution is -0.261. The van der Waals surface area contributed by atoms with E-state index in [2.05, 4.69) is 16.0 Å². The molecule has 0 radical (unpaired) electrons. The number of Topliss-reactive ketones (excluding diaryl/α,β-unsaturated/α-hetero) is 1. The summed E-state index contributed by atoms with van der Waals surface area (Å²) in [5.41, 5.74) is 1.40. The van der Waals surface area contributed by atoms with Gasteiger partial charge in [-0.15, -0.1) is 0 Å². The Balaban J connectivity index is 1.32. The number of unbranched alkanes of at least 4 members (excludes halogenated alkanes) is 6. The van der Waals surface area contributed by atoms with Gasteiger partial charge < -0.3 is 55.0 Å². The first kappa shape index (κ1) is 53.3. The van der Waals surface area contributed by atoms with Crippen LogP contribution in [0.4, 0.5) is 4.79 Å². The van der Waals surface area contributed by atoms with Crippen molar-refractivity contribution in [3.8, 4) is 5.75 Å². The number of ether oxygens (including phenoxy) is 5. The largest absolute Gasteiger partial charge is 0.486 e. The SMILES string of the molecule is COC(=O)[C@H](CCCCNC(=O)CCCCCCCCC(=O)Cc1cccc(COc2c(Cl)cc(C(=O)N[C@H]3[C@@H](OC)O[C@H](CO)[C@@H](O)[C@@H]3O)c(C)c2Cl)c1)NC(=O)OC(C)(C)C. The van der Waals surface area contributed by atoms with Crippen LogP contribution in [-0.4, -0.2) is 115 Å². The smallest absolute Gasteiger partial charge is 0.408 e. The van der Waals surface area contributed by atoms with Crippen LogP contribution in [0.5, 0.6) is 5.75 Å². The summed E-state index contributed by atoms with van der Waals surface area (Å²) in [5, 5.41) is 38.6. The van der Waals surface area contributed by atoms with E-state index in [0.29, 0.717) is 44.2 Å². The molecule has 16 nitrogen and oxygen atoms in total. The molecule has 3 amide bonds. The van der Waals surface area contributed by atoms with Crippen LogP contribution >= 0.6 is 23.2 Å². The molecule has 1 saturated heterocycles. The Morgan fingerprint density at radius 3 is 2.21 bits per heavy atom. The van der Waals surface area contributed by atoms with Crippen molar-refractivity contribution >= 4 is 52.9 Å². The molecular formula is C45H65Cl2N3O13. The zero-order valence-corrected chi connectivity index (χ0v) is 38.6. The van der Waals surface area contributed by atoms with E-state index in [-0.39, 0.29) is 46.1 Å². The third-order valence-corrected chi connectivity index (χ3v) is 11.1. The van der Waals surface area contributed by atoms with Crippen molar-refractivity contribution in [2.45, 2.75) is 154 Å². The highest BCUT2D eigenvalue weighted by molar-refractivity contribution is 6.38. The Labute approximate surface area is 380 Å². The average molecular weight is 927 g/mol. The molecule has 1 aliphatic rings. The van der Waals surface area contributed by atoms with Crippen LogP contribution in [0.15, 0.2) is 30.3 Å². The first-order chi connectivity index (χ1) is 29.9. The summed E-state index contributed by atoms with van der Waals surface area (Å²) >= 11 is 13.2. The number of amides is 3. The Morgan fingerprint density at radius 2 is 1.56 bits per heavy atom. The van der Waals surface area contributed by atoms with Crippen molar-refractivity contribution in [3.05, 3.63) is 62.6 Å². The van der Waals surface area contributed by atoms with Crippen LogP contribution in [-0.2, 0) is 46.4 Å². The maximum Gasteiger partial charge on any atom is 0.408 e. The number of carbonyl (C=O) groups is 5. The molecule has 1 aliphatic heterocycles. The van der Waals surface area contributed by atoms with E-state index in [1.165, 1.54) is 20.3 Å². The molecule has 6 N–H and O–H groups in total. The Bertz CT molecular complexity index is 1820. The van der Waals surface area contributed by atoms with Crippen LogP contribution in [0.3, 0.4) is 0 Å². The second-order valence-corrected chi connectivity index (χ2v) is 17.4. The van der Waals surface area contributed by atoms with Crippen molar-refractivity contribution < 1.29 is 63.0 Å². The van der Waals surface area contributed by atoms with E-state index in [9.17, 15) is 39.3 Å². The van der Waals surface area contributed by atoms with E-state index in [1.807, 2.05) is 24.3 Å². The zero-order valence-electron chi connectivity index (χ0n) is 37.1. The van der Waals surface area contributed by atoms with E-state index < -0.39 is 66.9 Å². The molecule has 1 fully saturated rings. The molecular weight excluding hydrogens is 861 g/mol. The van der Waals surface area contributed by atoms with Crippen LogP contribution in [0.2, 0.25) is 10.0 Å². The standard InChI is InChI=1S/C45H65Cl2N3O13/c1-27-31(41(56)50-37-39(55)38(54)34(25-51)62-43(37)60-6)24-32(46)40(36(27)47)61-26-29-17-15-16-28(22-29)23-30(52)18-11-9-7-8-10-12-20-35(53)48-21-14-13-19-33(42(57)59-5)49-44(58)63-45(2,3)4/h15-17,22,24,33-34,37-39,43,51,54-55H,7-14,18-21,23,25-26H2,1-6H3,(H,48,53)(H,49,58)(H,50,56)/t33-,34+,37+,38+,39+,43-/m0/s1. The average Bonchev–Trinajstić information content (AvgIpc) is 3.23. The van der Waals surface area contributed by atoms with Gasteiger partial charge >= 0.3 is 12.1 Å². The molecule has 6 atom stereocenters. The van der Waals surface area contributed by atoms with E-state index in [1.54, 1.807) is 27.7 Å². The van der Waals surface area contributed by atoms with Gasteiger partial charge in [0.1, 0.15) is 48.4 Å². The first-order valence-corrected chi connectivity index (χ1v) is 22.2. The highest BCUT2D eigenvalue weighted by Gasteiger charge is 2.45. The summed E-state index contributed by atoms with van der Waals surface area (Å²) in [6.07, 6.45) is 2.21. The molecule has 1 heterocycles. The number of alkyl carbamates (subject to hydrolysis) is 1. The Kier molecular flexibility index (Phi) is 22.6. The predicted octanol–water partition coefficient (Wildman–Crippen LogP) is 5.65. The third-order valence-electron chi connectivity index (χ3n) is 10.4. The van der Waals surface area contributed by atoms with Crippen molar-refractivity contribution in [3.63, 3.8) is 0 Å². The maximum absolute atomic E-state index is 13.3. The summed E-state index contributed by atoms with van der Waals surface area (Å²) in [6.45, 7) is 6.82. The number of carbonyl (C=O) groups excluding carboxylic acids is 5. The molecule has 0 bridgehead atoms. The van der Waals surface area contributed by atoms with Gasteiger partial charge in [-0.1, -0.05) is 73.2 Å². The normalized spacial score (nSPS) is 19.1. The lowest BCUT2D eigenvalue weighted by atomic mass is 9.96. The fourth-order valence-electron chi connectivity index (χ4n) is 6.98. The number of rotatable bonds is 25. The number of ketones is 1. The molecule has 63 heavy (non-hydrogen) atoms. The van der Waals surface area contributed by atoms with Crippen LogP contribution in [0.25, 0.3) is 0 Å². The molecule has 2 aromatic carbocycles. The number of hydrogen-bond donors (Lipinski definition) is 6. The molecule has 0 aromatic heterocycles. The lowest BCUT2D eigenvalue weighted by Gasteiger charge is -2.41. The number of nitrogens with one attached hydrogen (secondary N) is 3. The quantitative estimate of drug-likeness (QED) is 0.0524. The van der Waals surface area contributed by atoms with Crippen LogP contribution in [0, 0.1) is 6.92 Å². The van der Waals surface area contributed by atoms with Gasteiger partial charge in [0.15, 0.2) is 12.0 Å². The topological polar surface area (TPSA) is 228 Å². The van der Waals surface area contributed by atoms with Gasteiger partial charge in [0.05, 0.1) is 23.8 Å². The monoisotopic (exact) mass is 925 g/mol. The van der Waals surface area contributed by atoms with Gasteiger partial charge in [-0.05, 0) is 82.6 Å². The molecule has 18 heteroatoms. The van der Waals surface area contributed by atoms with Crippen LogP contribution < -0.4 is 20.7 Å². The second kappa shape index (κ2) is 26.7. The summed E-state index contributed by atoms with van der Waals surface area (Å²) in [6, 6.07) is 6.87. The number of hydrogen-bond acceptors (Lipinski definition) is 13. The molecule has 0 unspecified atom stereocenters. The fourth-order valence-corrected chi connectivity index (χ4v) is 7.54. The molecule has 2 aromatic rings. The van der Waals surface area contributed by atoms with Crippen molar-refractivity contribution in [2.24, 2.45) is 0 Å². The lowest BCUT2D eigenvalue weighted by Crippen LogP contribution is -2.64. The van der Waals surface area contributed by atoms with Crippen LogP contribution in [0.1, 0.15) is 118 Å². The molecule has 352 valence electrons. The summed E-state index contributed by atoms with van der Waals surface area (Å²) in [5.74, 6) is -0.934. The Hall–Kier alpha value is -4.03. The minimum atomic E-state index is -1.49. The maximum atomic E-state index is 13.3. The Morgan fingerprint density at radius 1 is 0.889 bits per heavy atom. The highest BCUT2D eigenvalue weighted by atomic mass is 35.5. The first-order valence-electron chi connectivity index (χ1n) is 21.4.